The lowest BCUT2D eigenvalue weighted by Gasteiger charge is -2.62. The zero-order valence-electron chi connectivity index (χ0n) is 19.1. The van der Waals surface area contributed by atoms with Gasteiger partial charge in [-0.25, -0.2) is 0 Å². The van der Waals surface area contributed by atoms with Gasteiger partial charge >= 0.3 is 6.18 Å². The van der Waals surface area contributed by atoms with Crippen LogP contribution < -0.4 is 0 Å². The Morgan fingerprint density at radius 2 is 1.60 bits per heavy atom. The number of aliphatic hydroxyl groups excluding tert-OH is 1. The summed E-state index contributed by atoms with van der Waals surface area (Å²) in [5, 5.41) is 20.9. The topological polar surface area (TPSA) is 40.5 Å². The lowest BCUT2D eigenvalue weighted by molar-refractivity contribution is -0.228. The quantitative estimate of drug-likeness (QED) is 0.548. The van der Waals surface area contributed by atoms with Crippen molar-refractivity contribution in [3.05, 3.63) is 0 Å². The Balaban J connectivity index is 1.54. The Bertz CT molecular complexity index is 651. The molecule has 4 aliphatic rings. The van der Waals surface area contributed by atoms with Crippen LogP contribution in [0.1, 0.15) is 91.9 Å². The van der Waals surface area contributed by atoms with Crippen molar-refractivity contribution in [1.29, 1.82) is 0 Å². The van der Waals surface area contributed by atoms with Gasteiger partial charge in [-0.15, -0.1) is 0 Å². The largest absolute Gasteiger partial charge is 0.414 e. The number of alkyl halides is 3. The fourth-order valence-corrected chi connectivity index (χ4v) is 9.07. The van der Waals surface area contributed by atoms with Gasteiger partial charge in [0.2, 0.25) is 0 Å². The van der Waals surface area contributed by atoms with E-state index in [4.69, 9.17) is 0 Å². The summed E-state index contributed by atoms with van der Waals surface area (Å²) in [4.78, 5) is 0. The Hall–Kier alpha value is -0.290. The average molecular weight is 431 g/mol. The summed E-state index contributed by atoms with van der Waals surface area (Å²) < 4.78 is 39.7. The van der Waals surface area contributed by atoms with Crippen LogP contribution >= 0.6 is 0 Å². The molecule has 0 saturated heterocycles. The molecule has 30 heavy (non-hydrogen) atoms. The second-order valence-corrected chi connectivity index (χ2v) is 12.0. The molecule has 174 valence electrons. The van der Waals surface area contributed by atoms with Crippen molar-refractivity contribution < 1.29 is 23.4 Å². The van der Waals surface area contributed by atoms with Crippen LogP contribution in [0, 0.1) is 46.3 Å². The van der Waals surface area contributed by atoms with Gasteiger partial charge in [0, 0.05) is 0 Å². The number of hydrogen-bond acceptors (Lipinski definition) is 2. The van der Waals surface area contributed by atoms with Crippen LogP contribution in [0.3, 0.4) is 0 Å². The van der Waals surface area contributed by atoms with E-state index in [1.807, 2.05) is 0 Å². The lowest BCUT2D eigenvalue weighted by atomic mass is 9.43. The monoisotopic (exact) mass is 430 g/mol. The second kappa shape index (κ2) is 7.37. The lowest BCUT2D eigenvalue weighted by Crippen LogP contribution is -2.56. The van der Waals surface area contributed by atoms with E-state index < -0.39 is 23.8 Å². The molecule has 0 aromatic heterocycles. The van der Waals surface area contributed by atoms with Crippen LogP contribution in [0.4, 0.5) is 13.2 Å². The average Bonchev–Trinajstić information content (AvgIpc) is 3.04. The van der Waals surface area contributed by atoms with Gasteiger partial charge in [0.1, 0.15) is 0 Å². The van der Waals surface area contributed by atoms with Crippen LogP contribution in [0.5, 0.6) is 0 Å². The Morgan fingerprint density at radius 1 is 0.933 bits per heavy atom. The Labute approximate surface area is 180 Å². The van der Waals surface area contributed by atoms with Gasteiger partial charge < -0.3 is 10.2 Å². The van der Waals surface area contributed by atoms with Crippen LogP contribution in [0.15, 0.2) is 0 Å². The highest BCUT2D eigenvalue weighted by atomic mass is 19.4. The molecular weight excluding hydrogens is 389 g/mol. The third kappa shape index (κ3) is 3.36. The minimum Gasteiger partial charge on any atom is -0.390 e. The van der Waals surface area contributed by atoms with Gasteiger partial charge in [-0.1, -0.05) is 27.7 Å². The van der Waals surface area contributed by atoms with Crippen LogP contribution in [-0.2, 0) is 0 Å². The molecule has 0 aliphatic heterocycles. The first kappa shape index (κ1) is 22.9. The molecule has 0 bridgehead atoms. The van der Waals surface area contributed by atoms with Crippen LogP contribution in [0.2, 0.25) is 0 Å². The number of rotatable bonds is 3. The van der Waals surface area contributed by atoms with Crippen molar-refractivity contribution in [2.24, 2.45) is 46.3 Å². The third-order valence-electron chi connectivity index (χ3n) is 11.0. The van der Waals surface area contributed by atoms with Crippen molar-refractivity contribution in [1.82, 2.24) is 0 Å². The third-order valence-corrected chi connectivity index (χ3v) is 11.0. The van der Waals surface area contributed by atoms with E-state index in [1.165, 1.54) is 0 Å². The molecule has 10 atom stereocenters. The van der Waals surface area contributed by atoms with Crippen molar-refractivity contribution in [3.63, 3.8) is 0 Å². The van der Waals surface area contributed by atoms with Gasteiger partial charge in [0.15, 0.2) is 6.10 Å². The van der Waals surface area contributed by atoms with E-state index in [-0.39, 0.29) is 16.7 Å². The van der Waals surface area contributed by atoms with Crippen molar-refractivity contribution in [2.45, 2.75) is 110 Å². The molecule has 4 saturated carbocycles. The molecule has 0 heterocycles. The van der Waals surface area contributed by atoms with Crippen molar-refractivity contribution in [3.8, 4) is 0 Å². The van der Waals surface area contributed by atoms with Gasteiger partial charge in [0.05, 0.1) is 5.60 Å². The molecule has 0 aromatic carbocycles. The summed E-state index contributed by atoms with van der Waals surface area (Å²) in [6.45, 7) is 8.40. The van der Waals surface area contributed by atoms with E-state index in [9.17, 15) is 23.4 Å². The van der Waals surface area contributed by atoms with Gasteiger partial charge in [-0.2, -0.15) is 13.2 Å². The Morgan fingerprint density at radius 3 is 2.23 bits per heavy atom. The molecule has 4 rings (SSSR count). The minimum absolute atomic E-state index is 0.0536. The van der Waals surface area contributed by atoms with E-state index in [1.54, 1.807) is 6.92 Å². The molecular formula is C25H41F3O2. The zero-order valence-corrected chi connectivity index (χ0v) is 19.1. The number of aliphatic hydroxyl groups is 2. The molecule has 4 fully saturated rings. The summed E-state index contributed by atoms with van der Waals surface area (Å²) in [7, 11) is 0. The highest BCUT2D eigenvalue weighted by Crippen LogP contribution is 2.69. The van der Waals surface area contributed by atoms with Gasteiger partial charge in [-0.05, 0) is 111 Å². The fourth-order valence-electron chi connectivity index (χ4n) is 9.07. The highest BCUT2D eigenvalue weighted by Gasteiger charge is 2.62. The van der Waals surface area contributed by atoms with Crippen LogP contribution in [0.25, 0.3) is 0 Å². The van der Waals surface area contributed by atoms with Crippen molar-refractivity contribution >= 4 is 0 Å². The standard InChI is InChI=1S/C25H41F3O2/c1-5-24(30)13-12-22(3)16(14-24)6-7-17-19-9-8-18(15(2)21(29)25(26,27)28)23(19,4)11-10-20(17)22/h15-21,29-30H,5-14H2,1-4H3/t15-,16-,17-,18?,19-,20-,21+,22-,23+,24-/m0/s1. The first-order valence-corrected chi connectivity index (χ1v) is 12.3. The van der Waals surface area contributed by atoms with Gasteiger partial charge in [-0.3, -0.25) is 0 Å². The predicted octanol–water partition coefficient (Wildman–Crippen LogP) is 6.35. The van der Waals surface area contributed by atoms with E-state index in [2.05, 4.69) is 20.8 Å². The van der Waals surface area contributed by atoms with E-state index >= 15 is 0 Å². The number of halogens is 3. The van der Waals surface area contributed by atoms with Crippen LogP contribution in [-0.4, -0.2) is 28.1 Å². The molecule has 4 aliphatic carbocycles. The Kier molecular flexibility index (Phi) is 5.62. The maximum Gasteiger partial charge on any atom is 0.414 e. The minimum atomic E-state index is -4.53. The number of hydrogen-bond donors (Lipinski definition) is 2. The highest BCUT2D eigenvalue weighted by molar-refractivity contribution is 5.11. The number of fused-ring (bicyclic) bond motifs is 5. The molecule has 2 N–H and O–H groups in total. The molecule has 1 unspecified atom stereocenters. The molecule has 0 amide bonds. The summed E-state index contributed by atoms with van der Waals surface area (Å²) in [6, 6.07) is 0. The summed E-state index contributed by atoms with van der Waals surface area (Å²) >= 11 is 0. The molecule has 0 aromatic rings. The first-order valence-electron chi connectivity index (χ1n) is 12.3. The van der Waals surface area contributed by atoms with Crippen molar-refractivity contribution in [2.75, 3.05) is 0 Å². The molecule has 5 heteroatoms. The fraction of sp³-hybridized carbons (Fsp3) is 1.00. The van der Waals surface area contributed by atoms with Gasteiger partial charge in [0.25, 0.3) is 0 Å². The maximum absolute atomic E-state index is 13.2. The molecule has 0 radical (unpaired) electrons. The van der Waals surface area contributed by atoms with E-state index in [0.717, 1.165) is 64.2 Å². The smallest absolute Gasteiger partial charge is 0.390 e. The SMILES string of the molecule is CC[C@]1(O)CC[C@@]2(C)[C@@H](CC[C@@H]3[C@@H]2CC[C@]2(C)C([C@H](C)[C@@H](O)C(F)(F)F)CC[C@@H]32)C1. The van der Waals surface area contributed by atoms with E-state index in [0.29, 0.717) is 23.7 Å². The summed E-state index contributed by atoms with van der Waals surface area (Å²) in [5.41, 5.74) is -0.322. The normalized spacial score (nSPS) is 50.9. The molecule has 0 spiro atoms. The summed E-state index contributed by atoms with van der Waals surface area (Å²) in [5.74, 6) is 1.49. The first-order chi connectivity index (χ1) is 13.9. The molecule has 2 nitrogen and oxygen atoms in total. The zero-order chi connectivity index (χ0) is 22.1. The summed E-state index contributed by atoms with van der Waals surface area (Å²) in [6.07, 6.45) is 3.19. The second-order valence-electron chi connectivity index (χ2n) is 12.0. The predicted molar refractivity (Wildman–Crippen MR) is 112 cm³/mol. The maximum atomic E-state index is 13.2.